The van der Waals surface area contributed by atoms with Crippen LogP contribution in [0.3, 0.4) is 0 Å². The van der Waals surface area contributed by atoms with E-state index in [2.05, 4.69) is 31.2 Å². The fourth-order valence-electron chi connectivity index (χ4n) is 1.45. The molecular weight excluding hydrogens is 308 g/mol. The van der Waals surface area contributed by atoms with Gasteiger partial charge in [0.15, 0.2) is 0 Å². The monoisotopic (exact) mass is 317 g/mol. The Morgan fingerprint density at radius 3 is 2.88 bits per heavy atom. The predicted molar refractivity (Wildman–Crippen MR) is 69.8 cm³/mol. The number of halogens is 3. The summed E-state index contributed by atoms with van der Waals surface area (Å²) in [4.78, 5) is 7.14. The number of H-pyrrole nitrogens is 1. The first-order chi connectivity index (χ1) is 8.08. The highest BCUT2D eigenvalue weighted by Crippen LogP contribution is 2.31. The Morgan fingerprint density at radius 1 is 1.53 bits per heavy atom. The molecule has 6 heteroatoms. The van der Waals surface area contributed by atoms with Crippen LogP contribution >= 0.6 is 27.5 Å². The number of nitrogens with zero attached hydrogens (tertiary/aromatic N) is 1. The van der Waals surface area contributed by atoms with Crippen molar-refractivity contribution >= 4 is 33.2 Å². The third kappa shape index (κ3) is 2.79. The maximum absolute atomic E-state index is 13.0. The number of aromatic nitrogens is 2. The fraction of sp³-hybridized carbons (Fsp3) is 0.182. The van der Waals surface area contributed by atoms with E-state index in [9.17, 15) is 4.39 Å². The van der Waals surface area contributed by atoms with Crippen LogP contribution in [-0.2, 0) is 6.54 Å². The van der Waals surface area contributed by atoms with E-state index < -0.39 is 0 Å². The Balaban J connectivity index is 2.17. The summed E-state index contributed by atoms with van der Waals surface area (Å²) in [6.07, 6.45) is 1.63. The molecule has 0 saturated carbocycles. The van der Waals surface area contributed by atoms with E-state index >= 15 is 0 Å². The number of rotatable bonds is 3. The van der Waals surface area contributed by atoms with Gasteiger partial charge >= 0.3 is 0 Å². The van der Waals surface area contributed by atoms with E-state index in [1.54, 1.807) is 6.33 Å². The lowest BCUT2D eigenvalue weighted by molar-refractivity contribution is 0.627. The molecule has 2 aromatic rings. The van der Waals surface area contributed by atoms with E-state index in [-0.39, 0.29) is 5.82 Å². The quantitative estimate of drug-likeness (QED) is 0.901. The minimum Gasteiger partial charge on any atom is -0.377 e. The summed E-state index contributed by atoms with van der Waals surface area (Å²) in [5, 5.41) is 3.46. The minimum atomic E-state index is -0.372. The second-order valence-electron chi connectivity index (χ2n) is 3.57. The van der Waals surface area contributed by atoms with Crippen LogP contribution < -0.4 is 5.32 Å². The van der Waals surface area contributed by atoms with Crippen molar-refractivity contribution in [3.8, 4) is 0 Å². The summed E-state index contributed by atoms with van der Waals surface area (Å²) in [6.45, 7) is 2.46. The third-order valence-corrected chi connectivity index (χ3v) is 3.30. The number of anilines is 1. The fourth-order valence-corrected chi connectivity index (χ4v) is 2.41. The van der Waals surface area contributed by atoms with Gasteiger partial charge in [-0.2, -0.15) is 0 Å². The molecule has 2 N–H and O–H groups in total. The average molecular weight is 319 g/mol. The van der Waals surface area contributed by atoms with Crippen molar-refractivity contribution in [2.75, 3.05) is 5.32 Å². The standard InChI is InChI=1S/C11H10BrClFN3/c1-6-10(17-5-16-6)4-15-11-8(12)2-7(14)3-9(11)13/h2-3,5,15H,4H2,1H3,(H,16,17). The maximum atomic E-state index is 13.0. The van der Waals surface area contributed by atoms with Crippen molar-refractivity contribution in [1.29, 1.82) is 0 Å². The van der Waals surface area contributed by atoms with Gasteiger partial charge in [0.25, 0.3) is 0 Å². The minimum absolute atomic E-state index is 0.338. The summed E-state index contributed by atoms with van der Waals surface area (Å²) in [6, 6.07) is 2.64. The van der Waals surface area contributed by atoms with Gasteiger partial charge in [0.1, 0.15) is 5.82 Å². The van der Waals surface area contributed by atoms with E-state index in [1.165, 1.54) is 12.1 Å². The first-order valence-corrected chi connectivity index (χ1v) is 6.12. The van der Waals surface area contributed by atoms with Gasteiger partial charge in [-0.25, -0.2) is 9.37 Å². The Bertz CT molecular complexity index is 518. The first kappa shape index (κ1) is 12.4. The van der Waals surface area contributed by atoms with Gasteiger partial charge < -0.3 is 10.3 Å². The molecule has 0 radical (unpaired) electrons. The molecule has 0 saturated heterocycles. The van der Waals surface area contributed by atoms with E-state index in [4.69, 9.17) is 11.6 Å². The molecule has 1 aromatic heterocycles. The number of imidazole rings is 1. The lowest BCUT2D eigenvalue weighted by Crippen LogP contribution is -2.03. The maximum Gasteiger partial charge on any atom is 0.125 e. The second kappa shape index (κ2) is 5.06. The molecule has 0 aliphatic heterocycles. The van der Waals surface area contributed by atoms with Crippen LogP contribution in [0.4, 0.5) is 10.1 Å². The number of aryl methyl sites for hydroxylation is 1. The van der Waals surface area contributed by atoms with E-state index in [0.29, 0.717) is 21.7 Å². The van der Waals surface area contributed by atoms with Crippen molar-refractivity contribution in [2.24, 2.45) is 0 Å². The summed E-state index contributed by atoms with van der Waals surface area (Å²) in [5.41, 5.74) is 2.56. The van der Waals surface area contributed by atoms with Crippen molar-refractivity contribution < 1.29 is 4.39 Å². The van der Waals surface area contributed by atoms with Crippen LogP contribution in [-0.4, -0.2) is 9.97 Å². The number of hydrogen-bond acceptors (Lipinski definition) is 2. The number of nitrogens with one attached hydrogen (secondary N) is 2. The molecule has 90 valence electrons. The molecule has 1 heterocycles. The van der Waals surface area contributed by atoms with Gasteiger partial charge in [-0.15, -0.1) is 0 Å². The van der Waals surface area contributed by atoms with Crippen molar-refractivity contribution in [3.63, 3.8) is 0 Å². The summed E-state index contributed by atoms with van der Waals surface area (Å²) < 4.78 is 13.6. The lowest BCUT2D eigenvalue weighted by atomic mass is 10.3. The van der Waals surface area contributed by atoms with Crippen LogP contribution in [0.15, 0.2) is 22.9 Å². The molecule has 2 rings (SSSR count). The number of aromatic amines is 1. The van der Waals surface area contributed by atoms with Gasteiger partial charge in [-0.1, -0.05) is 11.6 Å². The lowest BCUT2D eigenvalue weighted by Gasteiger charge is -2.10. The first-order valence-electron chi connectivity index (χ1n) is 4.95. The van der Waals surface area contributed by atoms with Crippen molar-refractivity contribution in [2.45, 2.75) is 13.5 Å². The average Bonchev–Trinajstić information content (AvgIpc) is 2.62. The molecule has 17 heavy (non-hydrogen) atoms. The molecule has 3 nitrogen and oxygen atoms in total. The normalized spacial score (nSPS) is 10.6. The Kier molecular flexibility index (Phi) is 3.69. The van der Waals surface area contributed by atoms with Gasteiger partial charge in [0.05, 0.1) is 29.3 Å². The zero-order valence-corrected chi connectivity index (χ0v) is 11.4. The molecule has 0 atom stereocenters. The number of hydrogen-bond donors (Lipinski definition) is 2. The molecule has 0 spiro atoms. The van der Waals surface area contributed by atoms with Crippen LogP contribution in [0.1, 0.15) is 11.4 Å². The van der Waals surface area contributed by atoms with Crippen molar-refractivity contribution in [3.05, 3.63) is 45.2 Å². The number of benzene rings is 1. The Labute approximate surface area is 112 Å². The molecular formula is C11H10BrClFN3. The zero-order valence-electron chi connectivity index (χ0n) is 9.02. The molecule has 0 bridgehead atoms. The molecule has 0 unspecified atom stereocenters. The smallest absolute Gasteiger partial charge is 0.125 e. The largest absolute Gasteiger partial charge is 0.377 e. The van der Waals surface area contributed by atoms with Crippen molar-refractivity contribution in [1.82, 2.24) is 9.97 Å². The van der Waals surface area contributed by atoms with E-state index in [0.717, 1.165) is 11.4 Å². The molecule has 0 fully saturated rings. The molecule has 1 aromatic carbocycles. The van der Waals surface area contributed by atoms with Crippen LogP contribution in [0.2, 0.25) is 5.02 Å². The molecule has 0 aliphatic rings. The topological polar surface area (TPSA) is 40.7 Å². The van der Waals surface area contributed by atoms with Gasteiger partial charge in [-0.3, -0.25) is 0 Å². The van der Waals surface area contributed by atoms with E-state index in [1.807, 2.05) is 6.92 Å². The highest BCUT2D eigenvalue weighted by atomic mass is 79.9. The SMILES string of the molecule is Cc1[nH]cnc1CNc1c(Cl)cc(F)cc1Br. The van der Waals surface area contributed by atoms with Gasteiger partial charge in [0.2, 0.25) is 0 Å². The Morgan fingerprint density at radius 2 is 2.29 bits per heavy atom. The zero-order chi connectivity index (χ0) is 12.4. The summed E-state index contributed by atoms with van der Waals surface area (Å²) >= 11 is 9.22. The highest BCUT2D eigenvalue weighted by Gasteiger charge is 2.09. The van der Waals surface area contributed by atoms with Crippen LogP contribution in [0, 0.1) is 12.7 Å². The van der Waals surface area contributed by atoms with Gasteiger partial charge in [0, 0.05) is 10.2 Å². The molecule has 0 aliphatic carbocycles. The summed E-state index contributed by atoms with van der Waals surface area (Å²) in [7, 11) is 0. The van der Waals surface area contributed by atoms with Crippen LogP contribution in [0.5, 0.6) is 0 Å². The third-order valence-electron chi connectivity index (χ3n) is 2.37. The Hall–Kier alpha value is -1.07. The second-order valence-corrected chi connectivity index (χ2v) is 4.83. The van der Waals surface area contributed by atoms with Gasteiger partial charge in [-0.05, 0) is 35.0 Å². The summed E-state index contributed by atoms with van der Waals surface area (Å²) in [5.74, 6) is -0.372. The highest BCUT2D eigenvalue weighted by molar-refractivity contribution is 9.10. The molecule has 0 amide bonds. The predicted octanol–water partition coefficient (Wildman–Crippen LogP) is 3.89. The van der Waals surface area contributed by atoms with Crippen LogP contribution in [0.25, 0.3) is 0 Å².